The monoisotopic (exact) mass is 373 g/mol. The fourth-order valence-corrected chi connectivity index (χ4v) is 2.98. The summed E-state index contributed by atoms with van der Waals surface area (Å²) in [5.74, 6) is -0.349. The molecule has 0 N–H and O–H groups in total. The molecule has 4 nitrogen and oxygen atoms in total. The molecule has 0 radical (unpaired) electrons. The first kappa shape index (κ1) is 19.4. The van der Waals surface area contributed by atoms with Gasteiger partial charge in [-0.3, -0.25) is 0 Å². The summed E-state index contributed by atoms with van der Waals surface area (Å²) in [5, 5.41) is 4.22. The molecule has 1 atom stereocenters. The van der Waals surface area contributed by atoms with Crippen molar-refractivity contribution >= 4 is 11.7 Å². The summed E-state index contributed by atoms with van der Waals surface area (Å²) in [4.78, 5) is 17.6. The van der Waals surface area contributed by atoms with Crippen LogP contribution in [0.4, 0.5) is 0 Å². The number of methoxy groups -OCH3 is 1. The van der Waals surface area contributed by atoms with Crippen molar-refractivity contribution in [3.8, 4) is 11.1 Å². The average Bonchev–Trinajstić information content (AvgIpc) is 2.74. The molecule has 4 heteroatoms. The third kappa shape index (κ3) is 4.46. The Kier molecular flexibility index (Phi) is 6.22. The van der Waals surface area contributed by atoms with Crippen LogP contribution in [0.1, 0.15) is 41.4 Å². The molecule has 0 fully saturated rings. The largest absolute Gasteiger partial charge is 0.465 e. The van der Waals surface area contributed by atoms with Gasteiger partial charge in [-0.2, -0.15) is 0 Å². The molecular formula is C24H23NO3. The topological polar surface area (TPSA) is 47.9 Å². The minimum absolute atomic E-state index is 0.340. The normalized spacial score (nSPS) is 11.4. The molecule has 0 aliphatic rings. The Hall–Kier alpha value is -3.40. The van der Waals surface area contributed by atoms with Crippen LogP contribution < -0.4 is 0 Å². The predicted octanol–water partition coefficient (Wildman–Crippen LogP) is 5.64. The number of oxime groups is 1. The van der Waals surface area contributed by atoms with E-state index in [1.54, 1.807) is 12.1 Å². The van der Waals surface area contributed by atoms with Gasteiger partial charge >= 0.3 is 5.97 Å². The first-order valence-electron chi connectivity index (χ1n) is 9.10. The van der Waals surface area contributed by atoms with Gasteiger partial charge in [0.2, 0.25) is 0 Å². The fourth-order valence-electron chi connectivity index (χ4n) is 2.98. The summed E-state index contributed by atoms with van der Waals surface area (Å²) in [6.45, 7) is 3.80. The summed E-state index contributed by atoms with van der Waals surface area (Å²) in [6.07, 6.45) is -0.340. The molecule has 0 bridgehead atoms. The van der Waals surface area contributed by atoms with Gasteiger partial charge in [0, 0.05) is 5.56 Å². The van der Waals surface area contributed by atoms with Crippen LogP contribution in [0.25, 0.3) is 11.1 Å². The van der Waals surface area contributed by atoms with E-state index in [1.807, 2.05) is 80.6 Å². The highest BCUT2D eigenvalue weighted by Crippen LogP contribution is 2.34. The molecule has 0 aliphatic carbocycles. The molecule has 3 aromatic rings. The lowest BCUT2D eigenvalue weighted by Crippen LogP contribution is -2.06. The molecule has 0 saturated carbocycles. The van der Waals surface area contributed by atoms with Gasteiger partial charge in [0.05, 0.1) is 18.4 Å². The van der Waals surface area contributed by atoms with E-state index in [1.165, 1.54) is 7.11 Å². The van der Waals surface area contributed by atoms with E-state index in [4.69, 9.17) is 9.57 Å². The lowest BCUT2D eigenvalue weighted by Gasteiger charge is -2.20. The van der Waals surface area contributed by atoms with Gasteiger partial charge < -0.3 is 9.57 Å². The zero-order valence-electron chi connectivity index (χ0n) is 16.3. The second-order valence-corrected chi connectivity index (χ2v) is 6.59. The summed E-state index contributed by atoms with van der Waals surface area (Å²) in [5.41, 5.74) is 5.41. The van der Waals surface area contributed by atoms with Crippen molar-refractivity contribution in [2.24, 2.45) is 5.16 Å². The van der Waals surface area contributed by atoms with Crippen molar-refractivity contribution in [2.45, 2.75) is 20.0 Å². The van der Waals surface area contributed by atoms with E-state index in [9.17, 15) is 4.79 Å². The van der Waals surface area contributed by atoms with Gasteiger partial charge in [-0.1, -0.05) is 71.9 Å². The number of rotatable bonds is 6. The van der Waals surface area contributed by atoms with Crippen LogP contribution in [0, 0.1) is 0 Å². The van der Waals surface area contributed by atoms with Crippen LogP contribution in [0.3, 0.4) is 0 Å². The Labute approximate surface area is 165 Å². The maximum atomic E-state index is 11.7. The minimum Gasteiger partial charge on any atom is -0.465 e. The van der Waals surface area contributed by atoms with E-state index in [2.05, 4.69) is 5.16 Å². The van der Waals surface area contributed by atoms with Crippen LogP contribution >= 0.6 is 0 Å². The molecule has 0 saturated heterocycles. The summed E-state index contributed by atoms with van der Waals surface area (Å²) < 4.78 is 4.78. The van der Waals surface area contributed by atoms with Crippen LogP contribution in [0.15, 0.2) is 84.0 Å². The van der Waals surface area contributed by atoms with E-state index in [0.29, 0.717) is 5.56 Å². The Morgan fingerprint density at radius 3 is 2.14 bits per heavy atom. The van der Waals surface area contributed by atoms with Gasteiger partial charge in [-0.15, -0.1) is 0 Å². The van der Waals surface area contributed by atoms with Crippen molar-refractivity contribution in [2.75, 3.05) is 7.11 Å². The Morgan fingerprint density at radius 1 is 0.857 bits per heavy atom. The van der Waals surface area contributed by atoms with E-state index in [0.717, 1.165) is 28.0 Å². The predicted molar refractivity (Wildman–Crippen MR) is 111 cm³/mol. The minimum atomic E-state index is -0.349. The molecule has 3 rings (SSSR count). The number of benzene rings is 3. The van der Waals surface area contributed by atoms with Crippen molar-refractivity contribution < 1.29 is 14.4 Å². The summed E-state index contributed by atoms with van der Waals surface area (Å²) >= 11 is 0. The maximum absolute atomic E-state index is 11.7. The van der Waals surface area contributed by atoms with Gasteiger partial charge in [0.15, 0.2) is 6.10 Å². The SMILES string of the molecule is COC(=O)c1ccc(-c2ccccc2C(ON=C(C)C)c2ccccc2)cc1. The Balaban J connectivity index is 2.05. The van der Waals surface area contributed by atoms with Crippen LogP contribution in [0.5, 0.6) is 0 Å². The number of hydrogen-bond acceptors (Lipinski definition) is 4. The van der Waals surface area contributed by atoms with E-state index in [-0.39, 0.29) is 12.1 Å². The van der Waals surface area contributed by atoms with Gasteiger partial charge in [-0.25, -0.2) is 4.79 Å². The highest BCUT2D eigenvalue weighted by molar-refractivity contribution is 5.90. The third-order valence-corrected chi connectivity index (χ3v) is 4.30. The molecular weight excluding hydrogens is 350 g/mol. The third-order valence-electron chi connectivity index (χ3n) is 4.30. The van der Waals surface area contributed by atoms with Crippen molar-refractivity contribution in [1.29, 1.82) is 0 Å². The Morgan fingerprint density at radius 2 is 1.50 bits per heavy atom. The molecule has 3 aromatic carbocycles. The first-order chi connectivity index (χ1) is 13.6. The molecule has 28 heavy (non-hydrogen) atoms. The molecule has 1 unspecified atom stereocenters. The number of esters is 1. The second kappa shape index (κ2) is 9.00. The van der Waals surface area contributed by atoms with Gasteiger partial charge in [-0.05, 0) is 42.7 Å². The summed E-state index contributed by atoms with van der Waals surface area (Å²) in [6, 6.07) is 25.5. The molecule has 0 amide bonds. The van der Waals surface area contributed by atoms with Crippen molar-refractivity contribution in [3.63, 3.8) is 0 Å². The molecule has 0 heterocycles. The van der Waals surface area contributed by atoms with E-state index >= 15 is 0 Å². The molecule has 0 aliphatic heterocycles. The Bertz CT molecular complexity index is 959. The standard InChI is InChI=1S/C24H23NO3/c1-17(2)25-28-23(19-9-5-4-6-10-19)22-12-8-7-11-21(22)18-13-15-20(16-14-18)24(26)27-3/h4-16,23H,1-3H3. The first-order valence-corrected chi connectivity index (χ1v) is 9.10. The quantitative estimate of drug-likeness (QED) is 0.319. The van der Waals surface area contributed by atoms with Crippen LogP contribution in [-0.2, 0) is 9.57 Å². The van der Waals surface area contributed by atoms with Crippen molar-refractivity contribution in [1.82, 2.24) is 0 Å². The zero-order chi connectivity index (χ0) is 19.9. The number of nitrogens with zero attached hydrogens (tertiary/aromatic N) is 1. The average molecular weight is 373 g/mol. The second-order valence-electron chi connectivity index (χ2n) is 6.59. The number of carbonyl (C=O) groups is 1. The zero-order valence-corrected chi connectivity index (χ0v) is 16.3. The molecule has 0 spiro atoms. The maximum Gasteiger partial charge on any atom is 0.337 e. The van der Waals surface area contributed by atoms with E-state index < -0.39 is 0 Å². The van der Waals surface area contributed by atoms with Crippen LogP contribution in [-0.4, -0.2) is 18.8 Å². The molecule has 0 aromatic heterocycles. The number of carbonyl (C=O) groups excluding carboxylic acids is 1. The lowest BCUT2D eigenvalue weighted by molar-refractivity contribution is 0.0600. The summed E-state index contributed by atoms with van der Waals surface area (Å²) in [7, 11) is 1.38. The highest BCUT2D eigenvalue weighted by atomic mass is 16.6. The number of ether oxygens (including phenoxy) is 1. The van der Waals surface area contributed by atoms with Gasteiger partial charge in [0.25, 0.3) is 0 Å². The smallest absolute Gasteiger partial charge is 0.337 e. The van der Waals surface area contributed by atoms with Crippen LogP contribution in [0.2, 0.25) is 0 Å². The lowest BCUT2D eigenvalue weighted by atomic mass is 9.92. The number of hydrogen-bond donors (Lipinski definition) is 0. The fraction of sp³-hybridized carbons (Fsp3) is 0.167. The molecule has 142 valence electrons. The highest BCUT2D eigenvalue weighted by Gasteiger charge is 2.20. The van der Waals surface area contributed by atoms with Gasteiger partial charge in [0.1, 0.15) is 0 Å². The van der Waals surface area contributed by atoms with Crippen molar-refractivity contribution in [3.05, 3.63) is 95.6 Å².